The third-order valence-electron chi connectivity index (χ3n) is 2.73. The number of hydrogen-bond acceptors (Lipinski definition) is 3. The minimum atomic E-state index is 0.432. The van der Waals surface area contributed by atoms with Gasteiger partial charge >= 0.3 is 0 Å². The van der Waals surface area contributed by atoms with Crippen LogP contribution >= 0.6 is 0 Å². The Kier molecular flexibility index (Phi) is 3.03. The minimum absolute atomic E-state index is 0.432. The quantitative estimate of drug-likeness (QED) is 0.780. The molecule has 0 N–H and O–H groups in total. The fourth-order valence-electron chi connectivity index (χ4n) is 1.69. The van der Waals surface area contributed by atoms with Gasteiger partial charge in [-0.2, -0.15) is 0 Å². The van der Waals surface area contributed by atoms with Crippen LogP contribution in [0.4, 0.5) is 5.69 Å². The molecule has 0 radical (unpaired) electrons. The van der Waals surface area contributed by atoms with Crippen molar-refractivity contribution in [1.29, 1.82) is 0 Å². The normalized spacial score (nSPS) is 15.3. The van der Waals surface area contributed by atoms with Crippen molar-refractivity contribution >= 4 is 5.69 Å². The van der Waals surface area contributed by atoms with Crippen molar-refractivity contribution in [3.63, 3.8) is 0 Å². The smallest absolute Gasteiger partial charge is 0.140 e. The van der Waals surface area contributed by atoms with E-state index in [4.69, 9.17) is 4.74 Å². The molecule has 0 saturated heterocycles. The molecule has 1 heterocycles. The predicted molar refractivity (Wildman–Crippen MR) is 66.3 cm³/mol. The maximum Gasteiger partial charge on any atom is 0.140 e. The van der Waals surface area contributed by atoms with E-state index in [0.717, 1.165) is 17.1 Å². The van der Waals surface area contributed by atoms with Gasteiger partial charge in [0.15, 0.2) is 0 Å². The molecule has 1 aromatic rings. The first-order valence-corrected chi connectivity index (χ1v) is 5.92. The van der Waals surface area contributed by atoms with Crippen LogP contribution in [0.5, 0.6) is 5.75 Å². The van der Waals surface area contributed by atoms with E-state index in [1.165, 1.54) is 12.8 Å². The molecule has 0 aromatic carbocycles. The third kappa shape index (κ3) is 2.46. The molecular formula is C13H20N2O. The molecular weight excluding hydrogens is 200 g/mol. The van der Waals surface area contributed by atoms with Crippen molar-refractivity contribution in [2.24, 2.45) is 0 Å². The van der Waals surface area contributed by atoms with Gasteiger partial charge in [-0.1, -0.05) is 13.8 Å². The Morgan fingerprint density at radius 1 is 1.38 bits per heavy atom. The molecule has 3 heteroatoms. The van der Waals surface area contributed by atoms with Crippen molar-refractivity contribution < 1.29 is 4.74 Å². The van der Waals surface area contributed by atoms with Gasteiger partial charge < -0.3 is 9.64 Å². The molecule has 0 atom stereocenters. The Labute approximate surface area is 97.4 Å². The molecule has 1 aliphatic carbocycles. The number of pyridine rings is 1. The van der Waals surface area contributed by atoms with E-state index in [1.54, 1.807) is 0 Å². The molecule has 1 aliphatic rings. The van der Waals surface area contributed by atoms with Crippen molar-refractivity contribution in [2.75, 3.05) is 19.0 Å². The van der Waals surface area contributed by atoms with Crippen LogP contribution in [0, 0.1) is 0 Å². The van der Waals surface area contributed by atoms with Gasteiger partial charge in [0, 0.05) is 20.2 Å². The molecule has 2 rings (SSSR count). The number of hydrogen-bond donors (Lipinski definition) is 0. The van der Waals surface area contributed by atoms with Crippen LogP contribution in [0.1, 0.15) is 38.3 Å². The van der Waals surface area contributed by atoms with Crippen molar-refractivity contribution in [2.45, 2.75) is 38.7 Å². The van der Waals surface area contributed by atoms with Gasteiger partial charge in [-0.15, -0.1) is 0 Å². The van der Waals surface area contributed by atoms with E-state index in [2.05, 4.69) is 29.8 Å². The number of ether oxygens (including phenoxy) is 1. The molecule has 1 fully saturated rings. The zero-order valence-corrected chi connectivity index (χ0v) is 10.5. The van der Waals surface area contributed by atoms with Crippen LogP contribution in [0.3, 0.4) is 0 Å². The van der Waals surface area contributed by atoms with E-state index in [-0.39, 0.29) is 0 Å². The van der Waals surface area contributed by atoms with Crippen molar-refractivity contribution in [1.82, 2.24) is 4.98 Å². The molecule has 0 amide bonds. The number of nitrogens with zero attached hydrogens (tertiary/aromatic N) is 2. The Balaban J connectivity index is 2.26. The lowest BCUT2D eigenvalue weighted by Gasteiger charge is -2.19. The summed E-state index contributed by atoms with van der Waals surface area (Å²) in [4.78, 5) is 6.61. The van der Waals surface area contributed by atoms with Gasteiger partial charge in [0.2, 0.25) is 0 Å². The lowest BCUT2D eigenvalue weighted by atomic mass is 10.1. The standard InChI is InChI=1S/C13H20N2O/c1-9(2)13-12(15(3)4)7-11(8-14-13)16-10-5-6-10/h7-10H,5-6H2,1-4H3. The lowest BCUT2D eigenvalue weighted by molar-refractivity contribution is 0.302. The summed E-state index contributed by atoms with van der Waals surface area (Å²) < 4.78 is 5.76. The van der Waals surface area contributed by atoms with Crippen LogP contribution in [0.2, 0.25) is 0 Å². The van der Waals surface area contributed by atoms with Gasteiger partial charge in [-0.3, -0.25) is 4.98 Å². The highest BCUT2D eigenvalue weighted by molar-refractivity contribution is 5.54. The van der Waals surface area contributed by atoms with Gasteiger partial charge in [-0.25, -0.2) is 0 Å². The number of rotatable bonds is 4. The molecule has 16 heavy (non-hydrogen) atoms. The summed E-state index contributed by atoms with van der Waals surface area (Å²) in [5.41, 5.74) is 2.29. The van der Waals surface area contributed by atoms with Gasteiger partial charge in [0.25, 0.3) is 0 Å². The minimum Gasteiger partial charge on any atom is -0.489 e. The summed E-state index contributed by atoms with van der Waals surface area (Å²) in [6, 6.07) is 2.10. The Morgan fingerprint density at radius 3 is 2.56 bits per heavy atom. The summed E-state index contributed by atoms with van der Waals surface area (Å²) in [5.74, 6) is 1.34. The van der Waals surface area contributed by atoms with Crippen LogP contribution < -0.4 is 9.64 Å². The molecule has 0 bridgehead atoms. The predicted octanol–water partition coefficient (Wildman–Crippen LogP) is 2.81. The second-order valence-corrected chi connectivity index (χ2v) is 4.94. The largest absolute Gasteiger partial charge is 0.489 e. The Bertz CT molecular complexity index is 370. The first-order chi connectivity index (χ1) is 7.58. The fourth-order valence-corrected chi connectivity index (χ4v) is 1.69. The van der Waals surface area contributed by atoms with E-state index in [1.807, 2.05) is 20.3 Å². The zero-order chi connectivity index (χ0) is 11.7. The molecule has 0 spiro atoms. The average molecular weight is 220 g/mol. The zero-order valence-electron chi connectivity index (χ0n) is 10.5. The maximum atomic E-state index is 5.76. The Hall–Kier alpha value is -1.25. The average Bonchev–Trinajstić information content (AvgIpc) is 3.01. The van der Waals surface area contributed by atoms with Gasteiger partial charge in [-0.05, 0) is 18.8 Å². The van der Waals surface area contributed by atoms with Crippen molar-refractivity contribution in [3.8, 4) is 5.75 Å². The van der Waals surface area contributed by atoms with Gasteiger partial charge in [0.1, 0.15) is 5.75 Å². The highest BCUT2D eigenvalue weighted by Gasteiger charge is 2.24. The van der Waals surface area contributed by atoms with Crippen LogP contribution in [0.25, 0.3) is 0 Å². The topological polar surface area (TPSA) is 25.4 Å². The molecule has 0 unspecified atom stereocenters. The van der Waals surface area contributed by atoms with Crippen LogP contribution in [-0.4, -0.2) is 25.2 Å². The Morgan fingerprint density at radius 2 is 2.06 bits per heavy atom. The van der Waals surface area contributed by atoms with E-state index >= 15 is 0 Å². The second-order valence-electron chi connectivity index (χ2n) is 4.94. The SMILES string of the molecule is CC(C)c1ncc(OC2CC2)cc1N(C)C. The molecule has 1 aromatic heterocycles. The molecule has 0 aliphatic heterocycles. The van der Waals surface area contributed by atoms with E-state index in [9.17, 15) is 0 Å². The van der Waals surface area contributed by atoms with Gasteiger partial charge in [0.05, 0.1) is 23.7 Å². The molecule has 1 saturated carbocycles. The number of aromatic nitrogens is 1. The third-order valence-corrected chi connectivity index (χ3v) is 2.73. The lowest BCUT2D eigenvalue weighted by Crippen LogP contribution is -2.13. The monoisotopic (exact) mass is 220 g/mol. The summed E-state index contributed by atoms with van der Waals surface area (Å²) in [6.45, 7) is 4.33. The second kappa shape index (κ2) is 4.32. The first kappa shape index (κ1) is 11.2. The molecule has 88 valence electrons. The fraction of sp³-hybridized carbons (Fsp3) is 0.615. The first-order valence-electron chi connectivity index (χ1n) is 5.92. The highest BCUT2D eigenvalue weighted by Crippen LogP contribution is 2.31. The van der Waals surface area contributed by atoms with E-state index in [0.29, 0.717) is 12.0 Å². The number of anilines is 1. The van der Waals surface area contributed by atoms with E-state index < -0.39 is 0 Å². The summed E-state index contributed by atoms with van der Waals surface area (Å²) in [6.07, 6.45) is 4.65. The van der Waals surface area contributed by atoms with Crippen LogP contribution in [-0.2, 0) is 0 Å². The highest BCUT2D eigenvalue weighted by atomic mass is 16.5. The summed E-state index contributed by atoms with van der Waals surface area (Å²) >= 11 is 0. The van der Waals surface area contributed by atoms with Crippen molar-refractivity contribution in [3.05, 3.63) is 18.0 Å². The van der Waals surface area contributed by atoms with Crippen LogP contribution in [0.15, 0.2) is 12.3 Å². The maximum absolute atomic E-state index is 5.76. The molecule has 3 nitrogen and oxygen atoms in total. The summed E-state index contributed by atoms with van der Waals surface area (Å²) in [7, 11) is 4.09. The summed E-state index contributed by atoms with van der Waals surface area (Å²) in [5, 5.41) is 0.